The number of hydrogen-bond donors (Lipinski definition) is 2. The van der Waals surface area contributed by atoms with E-state index in [0.717, 1.165) is 22.3 Å². The van der Waals surface area contributed by atoms with E-state index in [1.165, 1.54) is 4.90 Å². The summed E-state index contributed by atoms with van der Waals surface area (Å²) in [5.74, 6) is 0.00147. The lowest BCUT2D eigenvalue weighted by Crippen LogP contribution is -3.15. The van der Waals surface area contributed by atoms with Gasteiger partial charge in [0.05, 0.1) is 32.8 Å². The zero-order valence-electron chi connectivity index (χ0n) is 12.6. The highest BCUT2D eigenvalue weighted by Crippen LogP contribution is 2.11. The Kier molecular flexibility index (Phi) is 6.44. The quantitative estimate of drug-likeness (QED) is 0.704. The van der Waals surface area contributed by atoms with Gasteiger partial charge in [-0.25, -0.2) is 4.79 Å². The normalized spacial score (nSPS) is 15.5. The van der Waals surface area contributed by atoms with Gasteiger partial charge < -0.3 is 15.0 Å². The molecule has 1 aromatic rings. The van der Waals surface area contributed by atoms with Crippen molar-refractivity contribution in [2.45, 2.75) is 6.92 Å². The van der Waals surface area contributed by atoms with Gasteiger partial charge in [-0.15, -0.1) is 0 Å². The van der Waals surface area contributed by atoms with Crippen LogP contribution in [0.25, 0.3) is 0 Å². The summed E-state index contributed by atoms with van der Waals surface area (Å²) in [6.45, 7) is 5.40. The monoisotopic (exact) mass is 418 g/mol. The topological polar surface area (TPSA) is 63.1 Å². The molecule has 6 nitrogen and oxygen atoms in total. The number of ether oxygens (including phenoxy) is 1. The Bertz CT molecular complexity index is 531. The third-order valence-corrected chi connectivity index (χ3v) is 4.19. The molecular formula is C15H21IN3O3+. The highest BCUT2D eigenvalue weighted by Gasteiger charge is 2.25. The summed E-state index contributed by atoms with van der Waals surface area (Å²) in [5, 5.41) is 2.91. The lowest BCUT2D eigenvalue weighted by molar-refractivity contribution is -0.895. The van der Waals surface area contributed by atoms with E-state index in [1.54, 1.807) is 11.8 Å². The number of anilines is 1. The number of quaternary nitrogens is 1. The second-order valence-electron chi connectivity index (χ2n) is 5.17. The van der Waals surface area contributed by atoms with E-state index in [-0.39, 0.29) is 12.0 Å². The molecule has 1 fully saturated rings. The van der Waals surface area contributed by atoms with Gasteiger partial charge in [-0.2, -0.15) is 0 Å². The van der Waals surface area contributed by atoms with Crippen LogP contribution in [0.5, 0.6) is 0 Å². The number of hydrogen-bond acceptors (Lipinski definition) is 3. The summed E-state index contributed by atoms with van der Waals surface area (Å²) in [6, 6.07) is 7.72. The first-order valence-corrected chi connectivity index (χ1v) is 8.47. The van der Waals surface area contributed by atoms with Gasteiger partial charge in [-0.05, 0) is 47.7 Å². The van der Waals surface area contributed by atoms with E-state index >= 15 is 0 Å². The molecule has 2 rings (SSSR count). The van der Waals surface area contributed by atoms with Gasteiger partial charge in [0.25, 0.3) is 5.91 Å². The minimum atomic E-state index is -0.259. The predicted molar refractivity (Wildman–Crippen MR) is 91.9 cm³/mol. The zero-order valence-corrected chi connectivity index (χ0v) is 14.8. The molecule has 0 atom stereocenters. The summed E-state index contributed by atoms with van der Waals surface area (Å²) < 4.78 is 6.07. The maximum atomic E-state index is 12.1. The van der Waals surface area contributed by atoms with Gasteiger partial charge in [0, 0.05) is 9.26 Å². The number of nitrogens with one attached hydrogen (secondary N) is 2. The summed E-state index contributed by atoms with van der Waals surface area (Å²) in [5.41, 5.74) is 0.821. The van der Waals surface area contributed by atoms with Gasteiger partial charge in [-0.1, -0.05) is 6.07 Å². The molecule has 0 aliphatic carbocycles. The average molecular weight is 418 g/mol. The zero-order chi connectivity index (χ0) is 15.9. The first-order valence-electron chi connectivity index (χ1n) is 7.39. The van der Waals surface area contributed by atoms with Crippen LogP contribution in [0.15, 0.2) is 24.3 Å². The Morgan fingerprint density at radius 2 is 2.09 bits per heavy atom. The van der Waals surface area contributed by atoms with Gasteiger partial charge in [0.2, 0.25) is 0 Å². The molecule has 120 valence electrons. The van der Waals surface area contributed by atoms with Crippen molar-refractivity contribution in [3.63, 3.8) is 0 Å². The van der Waals surface area contributed by atoms with Crippen LogP contribution in [0, 0.1) is 3.57 Å². The van der Waals surface area contributed by atoms with Crippen molar-refractivity contribution in [3.8, 4) is 0 Å². The van der Waals surface area contributed by atoms with Gasteiger partial charge in [0.15, 0.2) is 6.54 Å². The number of nitrogens with zero attached hydrogens (tertiary/aromatic N) is 1. The van der Waals surface area contributed by atoms with E-state index in [0.29, 0.717) is 26.2 Å². The number of carbonyl (C=O) groups excluding carboxylic acids is 2. The largest absolute Gasteiger partial charge is 0.450 e. The Morgan fingerprint density at radius 1 is 1.36 bits per heavy atom. The van der Waals surface area contributed by atoms with Crippen LogP contribution in [0.3, 0.4) is 0 Å². The highest BCUT2D eigenvalue weighted by molar-refractivity contribution is 14.1. The predicted octanol–water partition coefficient (Wildman–Crippen LogP) is 0.587. The van der Waals surface area contributed by atoms with E-state index < -0.39 is 0 Å². The Hall–Kier alpha value is -1.35. The molecule has 0 spiro atoms. The maximum absolute atomic E-state index is 12.1. The van der Waals surface area contributed by atoms with Crippen molar-refractivity contribution in [1.29, 1.82) is 0 Å². The van der Waals surface area contributed by atoms with Crippen molar-refractivity contribution in [1.82, 2.24) is 4.90 Å². The molecule has 0 saturated carbocycles. The molecule has 2 amide bonds. The van der Waals surface area contributed by atoms with Crippen molar-refractivity contribution >= 4 is 40.3 Å². The molecule has 1 heterocycles. The van der Waals surface area contributed by atoms with Crippen molar-refractivity contribution in [2.75, 3.05) is 44.6 Å². The highest BCUT2D eigenvalue weighted by atomic mass is 127. The van der Waals surface area contributed by atoms with Crippen LogP contribution in [0.2, 0.25) is 0 Å². The maximum Gasteiger partial charge on any atom is 0.410 e. The molecule has 1 saturated heterocycles. The van der Waals surface area contributed by atoms with E-state index in [1.807, 2.05) is 24.3 Å². The fourth-order valence-corrected chi connectivity index (χ4v) is 2.94. The second kappa shape index (κ2) is 8.33. The standard InChI is InChI=1S/C15H20IN3O3/c1-2-22-15(21)19-8-6-18(7-9-19)11-14(20)17-13-5-3-4-12(16)10-13/h3-5,10H,2,6-9,11H2,1H3,(H,17,20)/p+1. The molecule has 2 N–H and O–H groups in total. The van der Waals surface area contributed by atoms with Crippen molar-refractivity contribution < 1.29 is 19.2 Å². The smallest absolute Gasteiger partial charge is 0.410 e. The molecule has 0 radical (unpaired) electrons. The number of rotatable bonds is 4. The van der Waals surface area contributed by atoms with Crippen LogP contribution in [-0.2, 0) is 9.53 Å². The first-order chi connectivity index (χ1) is 10.6. The molecule has 0 unspecified atom stereocenters. The van der Waals surface area contributed by atoms with Crippen LogP contribution in [0.1, 0.15) is 6.92 Å². The van der Waals surface area contributed by atoms with Crippen molar-refractivity contribution in [2.24, 2.45) is 0 Å². The number of amides is 2. The fourth-order valence-electron chi connectivity index (χ4n) is 2.40. The van der Waals surface area contributed by atoms with Crippen molar-refractivity contribution in [3.05, 3.63) is 27.8 Å². The molecule has 1 aliphatic heterocycles. The number of piperazine rings is 1. The third-order valence-electron chi connectivity index (χ3n) is 3.52. The molecule has 7 heteroatoms. The second-order valence-corrected chi connectivity index (χ2v) is 6.42. The molecule has 1 aromatic carbocycles. The van der Waals surface area contributed by atoms with Crippen LogP contribution < -0.4 is 10.2 Å². The lowest BCUT2D eigenvalue weighted by Gasteiger charge is -2.31. The fraction of sp³-hybridized carbons (Fsp3) is 0.467. The summed E-state index contributed by atoms with van der Waals surface area (Å²) in [6.07, 6.45) is -0.259. The minimum Gasteiger partial charge on any atom is -0.450 e. The number of carbonyl (C=O) groups is 2. The van der Waals surface area contributed by atoms with Crippen LogP contribution in [0.4, 0.5) is 10.5 Å². The van der Waals surface area contributed by atoms with Crippen LogP contribution in [-0.4, -0.2) is 56.2 Å². The molecule has 0 aromatic heterocycles. The van der Waals surface area contributed by atoms with Gasteiger partial charge in [-0.3, -0.25) is 9.69 Å². The molecule has 1 aliphatic rings. The molecule has 22 heavy (non-hydrogen) atoms. The summed E-state index contributed by atoms with van der Waals surface area (Å²) in [4.78, 5) is 26.6. The molecular weight excluding hydrogens is 397 g/mol. The average Bonchev–Trinajstić information content (AvgIpc) is 2.48. The SMILES string of the molecule is CCOC(=O)N1CC[NH+](CC(=O)Nc2cccc(I)c2)CC1. The minimum absolute atomic E-state index is 0.00147. The first kappa shape index (κ1) is 17.0. The Labute approximate surface area is 143 Å². The van der Waals surface area contributed by atoms with Crippen LogP contribution >= 0.6 is 22.6 Å². The van der Waals surface area contributed by atoms with E-state index in [2.05, 4.69) is 27.9 Å². The Balaban J connectivity index is 1.76. The van der Waals surface area contributed by atoms with E-state index in [4.69, 9.17) is 4.74 Å². The number of halogens is 1. The Morgan fingerprint density at radius 3 is 2.73 bits per heavy atom. The molecule has 0 bridgehead atoms. The van der Waals surface area contributed by atoms with Gasteiger partial charge >= 0.3 is 6.09 Å². The lowest BCUT2D eigenvalue weighted by atomic mass is 10.3. The van der Waals surface area contributed by atoms with E-state index in [9.17, 15) is 9.59 Å². The summed E-state index contributed by atoms with van der Waals surface area (Å²) in [7, 11) is 0. The third kappa shape index (κ3) is 5.13. The van der Waals surface area contributed by atoms with Gasteiger partial charge in [0.1, 0.15) is 0 Å². The summed E-state index contributed by atoms with van der Waals surface area (Å²) >= 11 is 2.22. The number of benzene rings is 1.